The maximum Gasteiger partial charge on any atom is 0.122 e. The summed E-state index contributed by atoms with van der Waals surface area (Å²) in [5.74, 6) is 1.12. The Morgan fingerprint density at radius 3 is 2.73 bits per heavy atom. The molecule has 0 spiro atoms. The number of aliphatic hydroxyl groups excluding tert-OH is 1. The molecule has 1 rings (SSSR count). The van der Waals surface area contributed by atoms with Gasteiger partial charge in [-0.25, -0.2) is 0 Å². The molecule has 0 bridgehead atoms. The van der Waals surface area contributed by atoms with Crippen molar-refractivity contribution in [1.82, 2.24) is 0 Å². The fourth-order valence-electron chi connectivity index (χ4n) is 1.63. The maximum absolute atomic E-state index is 9.14. The minimum absolute atomic E-state index is 0.176. The summed E-state index contributed by atoms with van der Waals surface area (Å²) in [6.07, 6.45) is 1.01. The van der Waals surface area contributed by atoms with Crippen LogP contribution >= 0.6 is 0 Å². The second kappa shape index (κ2) is 5.76. The summed E-state index contributed by atoms with van der Waals surface area (Å²) >= 11 is 0. The average molecular weight is 208 g/mol. The summed E-state index contributed by atoms with van der Waals surface area (Å²) in [5, 5.41) is 9.14. The summed E-state index contributed by atoms with van der Waals surface area (Å²) in [5.41, 5.74) is 2.32. The summed E-state index contributed by atoms with van der Waals surface area (Å²) in [4.78, 5) is 0. The van der Waals surface area contributed by atoms with E-state index in [1.165, 1.54) is 5.56 Å². The molecule has 1 aromatic rings. The van der Waals surface area contributed by atoms with Gasteiger partial charge in [-0.05, 0) is 30.5 Å². The predicted molar refractivity (Wildman–Crippen MR) is 62.5 cm³/mol. The molecule has 0 saturated heterocycles. The largest absolute Gasteiger partial charge is 0.493 e. The van der Waals surface area contributed by atoms with E-state index in [1.807, 2.05) is 26.0 Å². The van der Waals surface area contributed by atoms with Crippen LogP contribution in [0.2, 0.25) is 0 Å². The average Bonchev–Trinajstić information content (AvgIpc) is 2.27. The molecule has 2 heteroatoms. The zero-order valence-corrected chi connectivity index (χ0v) is 9.79. The molecule has 84 valence electrons. The number of aliphatic hydroxyl groups is 1. The van der Waals surface area contributed by atoms with Crippen LogP contribution in [-0.4, -0.2) is 18.3 Å². The molecule has 1 unspecified atom stereocenters. The molecule has 15 heavy (non-hydrogen) atoms. The number of hydrogen-bond acceptors (Lipinski definition) is 2. The molecule has 1 N–H and O–H groups in total. The Morgan fingerprint density at radius 1 is 1.40 bits per heavy atom. The zero-order chi connectivity index (χ0) is 11.3. The lowest BCUT2D eigenvalue weighted by Crippen LogP contribution is -2.04. The summed E-state index contributed by atoms with van der Waals surface area (Å²) in [7, 11) is 0. The Bertz CT molecular complexity index is 307. The number of benzene rings is 1. The first-order valence-electron chi connectivity index (χ1n) is 5.53. The fraction of sp³-hybridized carbons (Fsp3) is 0.538. The van der Waals surface area contributed by atoms with E-state index in [4.69, 9.17) is 9.84 Å². The molecule has 0 aliphatic heterocycles. The van der Waals surface area contributed by atoms with E-state index in [0.717, 1.165) is 24.3 Å². The monoisotopic (exact) mass is 208 g/mol. The molecule has 0 fully saturated rings. The molecule has 0 heterocycles. The van der Waals surface area contributed by atoms with Gasteiger partial charge in [-0.15, -0.1) is 0 Å². The van der Waals surface area contributed by atoms with Crippen molar-refractivity contribution in [2.75, 3.05) is 13.2 Å². The SMILES string of the molecule is CCCOc1cccc(C(C)CO)c1C. The van der Waals surface area contributed by atoms with E-state index in [2.05, 4.69) is 13.0 Å². The third-order valence-corrected chi connectivity index (χ3v) is 2.59. The van der Waals surface area contributed by atoms with Crippen molar-refractivity contribution in [1.29, 1.82) is 0 Å². The van der Waals surface area contributed by atoms with Gasteiger partial charge in [0.2, 0.25) is 0 Å². The van der Waals surface area contributed by atoms with Gasteiger partial charge in [0.1, 0.15) is 5.75 Å². The molecular formula is C13H20O2. The summed E-state index contributed by atoms with van der Waals surface area (Å²) in [6, 6.07) is 6.02. The van der Waals surface area contributed by atoms with Crippen LogP contribution in [0.1, 0.15) is 37.3 Å². The Labute approximate surface area is 91.9 Å². The molecule has 2 nitrogen and oxygen atoms in total. The smallest absolute Gasteiger partial charge is 0.122 e. The minimum atomic E-state index is 0.176. The third kappa shape index (κ3) is 2.96. The lowest BCUT2D eigenvalue weighted by molar-refractivity contribution is 0.271. The number of ether oxygens (including phenoxy) is 1. The Kier molecular flexibility index (Phi) is 4.63. The molecule has 0 radical (unpaired) electrons. The van der Waals surface area contributed by atoms with Crippen LogP contribution in [0.3, 0.4) is 0 Å². The summed E-state index contributed by atoms with van der Waals surface area (Å²) < 4.78 is 5.64. The Morgan fingerprint density at radius 2 is 2.13 bits per heavy atom. The second-order valence-corrected chi connectivity index (χ2v) is 3.90. The topological polar surface area (TPSA) is 29.5 Å². The molecule has 0 saturated carbocycles. The lowest BCUT2D eigenvalue weighted by Gasteiger charge is -2.15. The normalized spacial score (nSPS) is 12.5. The van der Waals surface area contributed by atoms with Gasteiger partial charge in [0.25, 0.3) is 0 Å². The first-order valence-corrected chi connectivity index (χ1v) is 5.53. The van der Waals surface area contributed by atoms with Crippen LogP contribution in [0.15, 0.2) is 18.2 Å². The highest BCUT2D eigenvalue weighted by atomic mass is 16.5. The molecule has 1 atom stereocenters. The van der Waals surface area contributed by atoms with E-state index in [-0.39, 0.29) is 12.5 Å². The van der Waals surface area contributed by atoms with Gasteiger partial charge in [-0.3, -0.25) is 0 Å². The molecular weight excluding hydrogens is 188 g/mol. The highest BCUT2D eigenvalue weighted by molar-refractivity contribution is 5.40. The van der Waals surface area contributed by atoms with Gasteiger partial charge in [0.15, 0.2) is 0 Å². The Balaban J connectivity index is 2.90. The van der Waals surface area contributed by atoms with E-state index in [9.17, 15) is 0 Å². The lowest BCUT2D eigenvalue weighted by atomic mass is 9.96. The number of rotatable bonds is 5. The van der Waals surface area contributed by atoms with Crippen molar-refractivity contribution in [2.45, 2.75) is 33.1 Å². The number of hydrogen-bond donors (Lipinski definition) is 1. The van der Waals surface area contributed by atoms with E-state index >= 15 is 0 Å². The van der Waals surface area contributed by atoms with Crippen LogP contribution in [0.25, 0.3) is 0 Å². The van der Waals surface area contributed by atoms with Crippen LogP contribution < -0.4 is 4.74 Å². The van der Waals surface area contributed by atoms with E-state index in [0.29, 0.717) is 0 Å². The van der Waals surface area contributed by atoms with Crippen molar-refractivity contribution in [3.05, 3.63) is 29.3 Å². The van der Waals surface area contributed by atoms with Crippen LogP contribution in [0.5, 0.6) is 5.75 Å². The van der Waals surface area contributed by atoms with Gasteiger partial charge >= 0.3 is 0 Å². The second-order valence-electron chi connectivity index (χ2n) is 3.90. The molecule has 0 amide bonds. The van der Waals surface area contributed by atoms with Crippen LogP contribution in [0, 0.1) is 6.92 Å². The Hall–Kier alpha value is -1.02. The van der Waals surface area contributed by atoms with Crippen LogP contribution in [-0.2, 0) is 0 Å². The van der Waals surface area contributed by atoms with Gasteiger partial charge in [0.05, 0.1) is 6.61 Å². The van der Waals surface area contributed by atoms with Crippen molar-refractivity contribution in [3.8, 4) is 5.75 Å². The molecule has 1 aromatic carbocycles. The van der Waals surface area contributed by atoms with Gasteiger partial charge in [-0.2, -0.15) is 0 Å². The minimum Gasteiger partial charge on any atom is -0.493 e. The molecule has 0 aliphatic rings. The van der Waals surface area contributed by atoms with E-state index in [1.54, 1.807) is 0 Å². The predicted octanol–water partition coefficient (Wildman–Crippen LogP) is 2.88. The summed E-state index contributed by atoms with van der Waals surface area (Å²) in [6.45, 7) is 7.09. The maximum atomic E-state index is 9.14. The highest BCUT2D eigenvalue weighted by Gasteiger charge is 2.10. The van der Waals surface area contributed by atoms with Crippen LogP contribution in [0.4, 0.5) is 0 Å². The van der Waals surface area contributed by atoms with Gasteiger partial charge in [-0.1, -0.05) is 26.0 Å². The van der Waals surface area contributed by atoms with E-state index < -0.39 is 0 Å². The first kappa shape index (κ1) is 12.1. The third-order valence-electron chi connectivity index (χ3n) is 2.59. The highest BCUT2D eigenvalue weighted by Crippen LogP contribution is 2.26. The standard InChI is InChI=1S/C13H20O2/c1-4-8-15-13-7-5-6-12(11(13)3)10(2)9-14/h5-7,10,14H,4,8-9H2,1-3H3. The van der Waals surface area contributed by atoms with Gasteiger partial charge < -0.3 is 9.84 Å². The van der Waals surface area contributed by atoms with Crippen molar-refractivity contribution in [3.63, 3.8) is 0 Å². The molecule has 0 aromatic heterocycles. The fourth-order valence-corrected chi connectivity index (χ4v) is 1.63. The molecule has 0 aliphatic carbocycles. The van der Waals surface area contributed by atoms with Gasteiger partial charge in [0, 0.05) is 12.5 Å². The quantitative estimate of drug-likeness (QED) is 0.806. The first-order chi connectivity index (χ1) is 7.20. The van der Waals surface area contributed by atoms with Crippen molar-refractivity contribution in [2.24, 2.45) is 0 Å². The zero-order valence-electron chi connectivity index (χ0n) is 9.79. The van der Waals surface area contributed by atoms with Crippen molar-refractivity contribution < 1.29 is 9.84 Å². The van der Waals surface area contributed by atoms with Crippen molar-refractivity contribution >= 4 is 0 Å².